The van der Waals surface area contributed by atoms with E-state index in [1.165, 1.54) is 19.0 Å². The molecule has 2 rings (SSSR count). The molecule has 0 spiro atoms. The van der Waals surface area contributed by atoms with Crippen molar-refractivity contribution in [2.75, 3.05) is 14.1 Å². The molecule has 1 aromatic carbocycles. The van der Waals surface area contributed by atoms with Crippen LogP contribution >= 0.6 is 0 Å². The Balaban J connectivity index is 2.29. The van der Waals surface area contributed by atoms with E-state index in [0.717, 1.165) is 0 Å². The molecule has 0 fully saturated rings. The largest absolute Gasteiger partial charge is 0.435 e. The van der Waals surface area contributed by atoms with E-state index in [1.807, 2.05) is 0 Å². The molecule has 0 atom stereocenters. The van der Waals surface area contributed by atoms with Gasteiger partial charge in [0.2, 0.25) is 5.71 Å². The zero-order valence-electron chi connectivity index (χ0n) is 10.3. The Labute approximate surface area is 108 Å². The van der Waals surface area contributed by atoms with E-state index in [0.29, 0.717) is 11.1 Å². The second-order valence-electron chi connectivity index (χ2n) is 3.79. The Morgan fingerprint density at radius 1 is 1.47 bits per heavy atom. The summed E-state index contributed by atoms with van der Waals surface area (Å²) >= 11 is 0. The summed E-state index contributed by atoms with van der Waals surface area (Å²) in [6.45, 7) is 0. The molecular weight excluding hydrogens is 248 g/mol. The van der Waals surface area contributed by atoms with Gasteiger partial charge < -0.3 is 9.32 Å². The number of hydrogen-bond donors (Lipinski definition) is 0. The van der Waals surface area contributed by atoms with E-state index in [4.69, 9.17) is 9.68 Å². The predicted molar refractivity (Wildman–Crippen MR) is 66.3 cm³/mol. The Morgan fingerprint density at radius 2 is 2.21 bits per heavy atom. The summed E-state index contributed by atoms with van der Waals surface area (Å²) in [6.07, 6.45) is -0.691. The number of nitrogens with zero attached hydrogens (tertiary/aromatic N) is 4. The van der Waals surface area contributed by atoms with Crippen LogP contribution in [0, 0.1) is 11.3 Å². The molecule has 0 unspecified atom stereocenters. The van der Waals surface area contributed by atoms with Gasteiger partial charge in [-0.2, -0.15) is 5.26 Å². The molecule has 0 aliphatic carbocycles. The van der Waals surface area contributed by atoms with Gasteiger partial charge in [0, 0.05) is 14.1 Å². The lowest BCUT2D eigenvalue weighted by atomic mass is 10.3. The lowest BCUT2D eigenvalue weighted by Gasteiger charge is -2.05. The van der Waals surface area contributed by atoms with Gasteiger partial charge in [-0.25, -0.2) is 9.78 Å². The Morgan fingerprint density at radius 3 is 2.84 bits per heavy atom. The van der Waals surface area contributed by atoms with Gasteiger partial charge in [0.05, 0.1) is 0 Å². The van der Waals surface area contributed by atoms with Gasteiger partial charge >= 0.3 is 6.09 Å². The van der Waals surface area contributed by atoms with Crippen molar-refractivity contribution in [1.82, 2.24) is 9.88 Å². The van der Waals surface area contributed by atoms with Crippen LogP contribution in [0.4, 0.5) is 4.79 Å². The van der Waals surface area contributed by atoms with Gasteiger partial charge in [0.15, 0.2) is 5.58 Å². The number of amides is 1. The first-order valence-corrected chi connectivity index (χ1v) is 5.34. The lowest BCUT2D eigenvalue weighted by molar-refractivity contribution is 0.122. The van der Waals surface area contributed by atoms with Crippen molar-refractivity contribution in [2.45, 2.75) is 0 Å². The molecule has 19 heavy (non-hydrogen) atoms. The third-order valence-corrected chi connectivity index (χ3v) is 2.18. The summed E-state index contributed by atoms with van der Waals surface area (Å²) in [6, 6.07) is 8.81. The maximum Gasteiger partial charge on any atom is 0.435 e. The van der Waals surface area contributed by atoms with Crippen LogP contribution in [-0.2, 0) is 4.84 Å². The normalized spacial score (nSPS) is 11.1. The van der Waals surface area contributed by atoms with Gasteiger partial charge in [0.25, 0.3) is 5.89 Å². The number of aromatic nitrogens is 1. The van der Waals surface area contributed by atoms with Crippen LogP contribution in [0.3, 0.4) is 0 Å². The predicted octanol–water partition coefficient (Wildman–Crippen LogP) is 1.75. The highest BCUT2D eigenvalue weighted by atomic mass is 16.7. The minimum atomic E-state index is -0.691. The number of benzene rings is 1. The van der Waals surface area contributed by atoms with E-state index in [9.17, 15) is 4.79 Å². The number of oxime groups is 1. The summed E-state index contributed by atoms with van der Waals surface area (Å²) in [5.74, 6) is 0.00950. The lowest BCUT2D eigenvalue weighted by Crippen LogP contribution is -2.21. The number of para-hydroxylation sites is 2. The van der Waals surface area contributed by atoms with Gasteiger partial charge in [-0.15, -0.1) is 0 Å². The number of nitriles is 1. The third-order valence-electron chi connectivity index (χ3n) is 2.18. The van der Waals surface area contributed by atoms with Crippen molar-refractivity contribution in [3.05, 3.63) is 30.2 Å². The molecule has 1 heterocycles. The van der Waals surface area contributed by atoms with Gasteiger partial charge in [-0.05, 0) is 12.1 Å². The highest BCUT2D eigenvalue weighted by Crippen LogP contribution is 2.15. The van der Waals surface area contributed by atoms with E-state index in [2.05, 4.69) is 15.0 Å². The minimum absolute atomic E-state index is 0.00950. The summed E-state index contributed by atoms with van der Waals surface area (Å²) < 4.78 is 5.34. The van der Waals surface area contributed by atoms with Crippen LogP contribution in [0.2, 0.25) is 0 Å². The van der Waals surface area contributed by atoms with Crippen LogP contribution in [0.15, 0.2) is 33.8 Å². The highest BCUT2D eigenvalue weighted by molar-refractivity contribution is 6.09. The van der Waals surface area contributed by atoms with Crippen LogP contribution in [0.1, 0.15) is 5.89 Å². The van der Waals surface area contributed by atoms with Crippen molar-refractivity contribution in [3.8, 4) is 6.07 Å². The highest BCUT2D eigenvalue weighted by Gasteiger charge is 2.14. The van der Waals surface area contributed by atoms with Gasteiger partial charge in [0.1, 0.15) is 11.6 Å². The average Bonchev–Trinajstić information content (AvgIpc) is 2.82. The van der Waals surface area contributed by atoms with Crippen LogP contribution in [-0.4, -0.2) is 35.8 Å². The first-order chi connectivity index (χ1) is 9.11. The first-order valence-electron chi connectivity index (χ1n) is 5.34. The molecular formula is C12H10N4O3. The summed E-state index contributed by atoms with van der Waals surface area (Å²) in [7, 11) is 3.01. The molecule has 1 aromatic heterocycles. The van der Waals surface area contributed by atoms with Crippen molar-refractivity contribution in [2.24, 2.45) is 5.16 Å². The fourth-order valence-corrected chi connectivity index (χ4v) is 1.25. The molecule has 0 saturated carbocycles. The van der Waals surface area contributed by atoms with Gasteiger partial charge in [-0.1, -0.05) is 17.3 Å². The second kappa shape index (κ2) is 5.18. The van der Waals surface area contributed by atoms with Crippen LogP contribution < -0.4 is 0 Å². The molecule has 96 valence electrons. The molecule has 7 nitrogen and oxygen atoms in total. The number of fused-ring (bicyclic) bond motifs is 1. The van der Waals surface area contributed by atoms with Gasteiger partial charge in [-0.3, -0.25) is 4.84 Å². The second-order valence-corrected chi connectivity index (χ2v) is 3.79. The van der Waals surface area contributed by atoms with Crippen molar-refractivity contribution in [1.29, 1.82) is 5.26 Å². The molecule has 0 aliphatic heterocycles. The van der Waals surface area contributed by atoms with Crippen molar-refractivity contribution in [3.63, 3.8) is 0 Å². The molecule has 7 heteroatoms. The SMILES string of the molecule is CN(C)C(=O)O/N=C(\C#N)c1nc2ccccc2o1. The smallest absolute Gasteiger partial charge is 0.434 e. The average molecular weight is 258 g/mol. The molecule has 0 radical (unpaired) electrons. The number of rotatable bonds is 2. The monoisotopic (exact) mass is 258 g/mol. The first kappa shape index (κ1) is 12.6. The third kappa shape index (κ3) is 2.69. The molecule has 0 N–H and O–H groups in total. The van der Waals surface area contributed by atoms with Crippen LogP contribution in [0.5, 0.6) is 0 Å². The number of carbonyl (C=O) groups excluding carboxylic acids is 1. The maximum absolute atomic E-state index is 11.2. The Kier molecular flexibility index (Phi) is 3.43. The topological polar surface area (TPSA) is 91.7 Å². The zero-order valence-corrected chi connectivity index (χ0v) is 10.3. The summed E-state index contributed by atoms with van der Waals surface area (Å²) in [4.78, 5) is 21.0. The van der Waals surface area contributed by atoms with E-state index in [1.54, 1.807) is 30.3 Å². The maximum atomic E-state index is 11.2. The Bertz CT molecular complexity index is 649. The fourth-order valence-electron chi connectivity index (χ4n) is 1.25. The van der Waals surface area contributed by atoms with E-state index in [-0.39, 0.29) is 11.6 Å². The Hall–Kier alpha value is -2.88. The number of carbonyl (C=O) groups is 1. The standard InChI is InChI=1S/C12H10N4O3/c1-16(2)12(17)19-15-9(7-13)11-14-8-5-3-4-6-10(8)18-11/h3-6H,1-2H3/b15-9+. The summed E-state index contributed by atoms with van der Waals surface area (Å²) in [5, 5.41) is 12.4. The zero-order chi connectivity index (χ0) is 13.8. The van der Waals surface area contributed by atoms with Crippen molar-refractivity contribution < 1.29 is 14.0 Å². The van der Waals surface area contributed by atoms with Crippen LogP contribution in [0.25, 0.3) is 11.1 Å². The van der Waals surface area contributed by atoms with E-state index < -0.39 is 6.09 Å². The van der Waals surface area contributed by atoms with Crippen molar-refractivity contribution >= 4 is 22.9 Å². The molecule has 0 saturated heterocycles. The fraction of sp³-hybridized carbons (Fsp3) is 0.167. The number of hydrogen-bond acceptors (Lipinski definition) is 6. The molecule has 0 aliphatic rings. The minimum Gasteiger partial charge on any atom is -0.434 e. The summed E-state index contributed by atoms with van der Waals surface area (Å²) in [5.41, 5.74) is 0.921. The molecule has 1 amide bonds. The quantitative estimate of drug-likeness (QED) is 0.465. The molecule has 2 aromatic rings. The number of oxazole rings is 1. The van der Waals surface area contributed by atoms with E-state index >= 15 is 0 Å². The molecule has 0 bridgehead atoms.